The Labute approximate surface area is 48.7 Å². The second-order valence-corrected chi connectivity index (χ2v) is 3.03. The van der Waals surface area contributed by atoms with Crippen LogP contribution in [-0.2, 0) is 0 Å². The largest absolute Gasteiger partial charge is 0.393 e. The summed E-state index contributed by atoms with van der Waals surface area (Å²) in [6, 6.07) is 0.443. The van der Waals surface area contributed by atoms with Crippen LogP contribution in [0.4, 0.5) is 0 Å². The predicted octanol–water partition coefficient (Wildman–Crippen LogP) is -0.286. The number of fused-ring (bicyclic) bond motifs is 1. The summed E-state index contributed by atoms with van der Waals surface area (Å²) in [5.41, 5.74) is 5.62. The molecule has 8 heavy (non-hydrogen) atoms. The van der Waals surface area contributed by atoms with E-state index in [-0.39, 0.29) is 6.10 Å². The zero-order chi connectivity index (χ0) is 5.72. The molecule has 2 nitrogen and oxygen atoms in total. The van der Waals surface area contributed by atoms with E-state index in [2.05, 4.69) is 0 Å². The Bertz CT molecular complexity index is 103. The fourth-order valence-electron chi connectivity index (χ4n) is 1.86. The van der Waals surface area contributed by atoms with Crippen molar-refractivity contribution < 1.29 is 5.11 Å². The maximum atomic E-state index is 8.99. The molecule has 0 aromatic carbocycles. The van der Waals surface area contributed by atoms with E-state index < -0.39 is 0 Å². The molecule has 2 heteroatoms. The van der Waals surface area contributed by atoms with Gasteiger partial charge in [-0.2, -0.15) is 0 Å². The summed E-state index contributed by atoms with van der Waals surface area (Å²) in [6.07, 6.45) is 1.90. The zero-order valence-corrected chi connectivity index (χ0v) is 4.75. The summed E-state index contributed by atoms with van der Waals surface area (Å²) < 4.78 is 0. The maximum absolute atomic E-state index is 8.99. The van der Waals surface area contributed by atoms with Crippen LogP contribution in [0.1, 0.15) is 12.8 Å². The van der Waals surface area contributed by atoms with Gasteiger partial charge in [0.15, 0.2) is 0 Å². The molecule has 2 aliphatic rings. The van der Waals surface area contributed by atoms with E-state index >= 15 is 0 Å². The van der Waals surface area contributed by atoms with Crippen molar-refractivity contribution in [3.63, 3.8) is 0 Å². The lowest BCUT2D eigenvalue weighted by atomic mass is 10.2. The van der Waals surface area contributed by atoms with Gasteiger partial charge in [-0.3, -0.25) is 0 Å². The van der Waals surface area contributed by atoms with Gasteiger partial charge in [-0.05, 0) is 24.7 Å². The molecule has 2 fully saturated rings. The summed E-state index contributed by atoms with van der Waals surface area (Å²) in [7, 11) is 0. The van der Waals surface area contributed by atoms with Crippen LogP contribution >= 0.6 is 0 Å². The Kier molecular flexibility index (Phi) is 0.746. The number of hydrogen-bond acceptors (Lipinski definition) is 2. The Balaban J connectivity index is 2.00. The normalized spacial score (nSPS) is 60.8. The molecule has 0 radical (unpaired) electrons. The first kappa shape index (κ1) is 4.77. The highest BCUT2D eigenvalue weighted by molar-refractivity contribution is 5.07. The quantitative estimate of drug-likeness (QED) is 0.453. The van der Waals surface area contributed by atoms with Crippen LogP contribution in [0, 0.1) is 11.8 Å². The monoisotopic (exact) mass is 113 g/mol. The zero-order valence-electron chi connectivity index (χ0n) is 4.75. The van der Waals surface area contributed by atoms with Crippen molar-refractivity contribution in [2.75, 3.05) is 0 Å². The van der Waals surface area contributed by atoms with E-state index in [0.717, 1.165) is 12.8 Å². The average Bonchev–Trinajstić information content (AvgIpc) is 2.29. The molecule has 0 unspecified atom stereocenters. The minimum absolute atomic E-state index is 0.0233. The molecule has 0 amide bonds. The van der Waals surface area contributed by atoms with Crippen LogP contribution in [0.2, 0.25) is 0 Å². The Hall–Kier alpha value is -0.0800. The number of hydrogen-bond donors (Lipinski definition) is 2. The van der Waals surface area contributed by atoms with Crippen molar-refractivity contribution in [1.29, 1.82) is 0 Å². The number of rotatable bonds is 0. The van der Waals surface area contributed by atoms with E-state index in [1.165, 1.54) is 0 Å². The van der Waals surface area contributed by atoms with Crippen molar-refractivity contribution in [1.82, 2.24) is 0 Å². The van der Waals surface area contributed by atoms with Crippen LogP contribution in [-0.4, -0.2) is 17.3 Å². The highest BCUT2D eigenvalue weighted by Gasteiger charge is 2.53. The van der Waals surface area contributed by atoms with Gasteiger partial charge in [-0.25, -0.2) is 0 Å². The molecule has 0 saturated heterocycles. The second kappa shape index (κ2) is 1.25. The van der Waals surface area contributed by atoms with Gasteiger partial charge >= 0.3 is 0 Å². The van der Waals surface area contributed by atoms with E-state index in [0.29, 0.717) is 17.9 Å². The van der Waals surface area contributed by atoms with E-state index in [1.54, 1.807) is 0 Å². The first-order valence-corrected chi connectivity index (χ1v) is 3.22. The van der Waals surface area contributed by atoms with Crippen molar-refractivity contribution in [3.05, 3.63) is 0 Å². The van der Waals surface area contributed by atoms with Crippen molar-refractivity contribution >= 4 is 0 Å². The summed E-state index contributed by atoms with van der Waals surface area (Å²) in [5, 5.41) is 8.99. The molecular formula is C6H11NO. The van der Waals surface area contributed by atoms with Crippen LogP contribution in [0.25, 0.3) is 0 Å². The summed E-state index contributed by atoms with van der Waals surface area (Å²) in [4.78, 5) is 0. The van der Waals surface area contributed by atoms with Crippen LogP contribution in [0.5, 0.6) is 0 Å². The smallest absolute Gasteiger partial charge is 0.0547 e. The van der Waals surface area contributed by atoms with Gasteiger partial charge < -0.3 is 10.8 Å². The number of aliphatic hydroxyl groups excluding tert-OH is 1. The first-order chi connectivity index (χ1) is 3.79. The Morgan fingerprint density at radius 3 is 2.12 bits per heavy atom. The van der Waals surface area contributed by atoms with Gasteiger partial charge in [0.05, 0.1) is 6.10 Å². The minimum Gasteiger partial charge on any atom is -0.393 e. The molecule has 0 spiro atoms. The molecule has 2 aliphatic carbocycles. The Morgan fingerprint density at radius 1 is 1.25 bits per heavy atom. The van der Waals surface area contributed by atoms with E-state index in [4.69, 9.17) is 10.8 Å². The van der Waals surface area contributed by atoms with Crippen molar-refractivity contribution in [3.8, 4) is 0 Å². The van der Waals surface area contributed by atoms with Crippen molar-refractivity contribution in [2.24, 2.45) is 17.6 Å². The predicted molar refractivity (Wildman–Crippen MR) is 30.2 cm³/mol. The molecular weight excluding hydrogens is 102 g/mol. The molecule has 2 rings (SSSR count). The maximum Gasteiger partial charge on any atom is 0.0547 e. The van der Waals surface area contributed by atoms with Gasteiger partial charge in [0.25, 0.3) is 0 Å². The topological polar surface area (TPSA) is 46.2 Å². The molecule has 0 aromatic heterocycles. The van der Waals surface area contributed by atoms with Crippen LogP contribution in [0.3, 0.4) is 0 Å². The molecule has 0 aromatic rings. The van der Waals surface area contributed by atoms with Gasteiger partial charge in [-0.15, -0.1) is 0 Å². The molecule has 4 atom stereocenters. The fourth-order valence-corrected chi connectivity index (χ4v) is 1.86. The Morgan fingerprint density at radius 2 is 1.75 bits per heavy atom. The van der Waals surface area contributed by atoms with Gasteiger partial charge in [0, 0.05) is 6.04 Å². The number of aliphatic hydroxyl groups is 1. The molecule has 0 bridgehead atoms. The fraction of sp³-hybridized carbons (Fsp3) is 1.00. The van der Waals surface area contributed by atoms with Gasteiger partial charge in [-0.1, -0.05) is 0 Å². The third-order valence-corrected chi connectivity index (χ3v) is 2.49. The molecule has 2 saturated carbocycles. The van der Waals surface area contributed by atoms with E-state index in [9.17, 15) is 0 Å². The lowest BCUT2D eigenvalue weighted by Crippen LogP contribution is -2.13. The third-order valence-electron chi connectivity index (χ3n) is 2.49. The highest BCUT2D eigenvalue weighted by atomic mass is 16.3. The molecule has 46 valence electrons. The first-order valence-electron chi connectivity index (χ1n) is 3.22. The summed E-state index contributed by atoms with van der Waals surface area (Å²) >= 11 is 0. The minimum atomic E-state index is -0.0233. The lowest BCUT2D eigenvalue weighted by Gasteiger charge is -2.02. The van der Waals surface area contributed by atoms with Crippen LogP contribution < -0.4 is 5.73 Å². The lowest BCUT2D eigenvalue weighted by molar-refractivity contribution is 0.165. The second-order valence-electron chi connectivity index (χ2n) is 3.03. The SMILES string of the molecule is N[C@@H]1[C@H]2C[C@@H](O)C[C@@H]12. The van der Waals surface area contributed by atoms with Gasteiger partial charge in [0.1, 0.15) is 0 Å². The average molecular weight is 113 g/mol. The molecule has 3 N–H and O–H groups in total. The standard InChI is InChI=1S/C6H11NO/c7-6-4-1-3(8)2-5(4)6/h3-6,8H,1-2,7H2/t3-,4+,5-,6-. The summed E-state index contributed by atoms with van der Waals surface area (Å²) in [6.45, 7) is 0. The van der Waals surface area contributed by atoms with E-state index in [1.807, 2.05) is 0 Å². The summed E-state index contributed by atoms with van der Waals surface area (Å²) in [5.74, 6) is 1.37. The molecule has 0 heterocycles. The number of nitrogens with two attached hydrogens (primary N) is 1. The highest BCUT2D eigenvalue weighted by Crippen LogP contribution is 2.50. The van der Waals surface area contributed by atoms with Gasteiger partial charge in [0.2, 0.25) is 0 Å². The molecule has 0 aliphatic heterocycles. The van der Waals surface area contributed by atoms with Crippen LogP contribution in [0.15, 0.2) is 0 Å². The third kappa shape index (κ3) is 0.446. The van der Waals surface area contributed by atoms with Crippen molar-refractivity contribution in [2.45, 2.75) is 25.0 Å².